The number of likely N-dealkylation sites (tertiary alicyclic amines) is 1. The lowest BCUT2D eigenvalue weighted by molar-refractivity contribution is -0.117. The minimum absolute atomic E-state index is 0.155. The van der Waals surface area contributed by atoms with Gasteiger partial charge in [-0.1, -0.05) is 19.3 Å². The van der Waals surface area contributed by atoms with E-state index in [4.69, 9.17) is 5.73 Å². The van der Waals surface area contributed by atoms with Gasteiger partial charge in [0.15, 0.2) is 0 Å². The number of nitrogen functional groups attached to an aromatic ring is 1. The number of hydrogen-bond donors (Lipinski definition) is 2. The van der Waals surface area contributed by atoms with E-state index in [0.717, 1.165) is 25.9 Å². The van der Waals surface area contributed by atoms with Crippen LogP contribution in [0.5, 0.6) is 0 Å². The molecule has 0 aliphatic carbocycles. The second-order valence-electron chi connectivity index (χ2n) is 5.33. The average molecular weight is 279 g/mol. The summed E-state index contributed by atoms with van der Waals surface area (Å²) in [5, 5.41) is 2.60. The van der Waals surface area contributed by atoms with Crippen LogP contribution >= 0.6 is 0 Å². The molecule has 0 aromatic heterocycles. The quantitative estimate of drug-likeness (QED) is 0.836. The molecule has 0 atom stereocenters. The second-order valence-corrected chi connectivity index (χ2v) is 5.33. The van der Waals surface area contributed by atoms with Crippen molar-refractivity contribution < 1.29 is 9.18 Å². The van der Waals surface area contributed by atoms with Crippen LogP contribution < -0.4 is 11.1 Å². The summed E-state index contributed by atoms with van der Waals surface area (Å²) in [7, 11) is 0. The fourth-order valence-corrected chi connectivity index (χ4v) is 2.50. The van der Waals surface area contributed by atoms with Crippen molar-refractivity contribution in [1.82, 2.24) is 4.90 Å². The summed E-state index contributed by atoms with van der Waals surface area (Å²) in [6, 6.07) is 4.19. The Kier molecular flexibility index (Phi) is 5.35. The zero-order chi connectivity index (χ0) is 14.4. The molecule has 1 amide bonds. The van der Waals surface area contributed by atoms with Gasteiger partial charge in [-0.3, -0.25) is 9.69 Å². The molecule has 1 aliphatic rings. The largest absolute Gasteiger partial charge is 0.399 e. The zero-order valence-corrected chi connectivity index (χ0v) is 11.7. The van der Waals surface area contributed by atoms with Crippen LogP contribution in [0.3, 0.4) is 0 Å². The minimum atomic E-state index is -0.458. The van der Waals surface area contributed by atoms with E-state index in [1.54, 1.807) is 0 Å². The van der Waals surface area contributed by atoms with Crippen LogP contribution in [0.1, 0.15) is 32.1 Å². The Balaban J connectivity index is 1.89. The lowest BCUT2D eigenvalue weighted by Gasteiger charge is -2.23. The third-order valence-corrected chi connectivity index (χ3v) is 3.58. The summed E-state index contributed by atoms with van der Waals surface area (Å²) < 4.78 is 13.5. The number of hydrogen-bond acceptors (Lipinski definition) is 3. The van der Waals surface area contributed by atoms with Crippen molar-refractivity contribution in [2.75, 3.05) is 30.7 Å². The molecular weight excluding hydrogens is 257 g/mol. The first kappa shape index (κ1) is 14.8. The summed E-state index contributed by atoms with van der Waals surface area (Å²) in [5.74, 6) is -0.643. The van der Waals surface area contributed by atoms with E-state index in [9.17, 15) is 9.18 Å². The van der Waals surface area contributed by atoms with Gasteiger partial charge < -0.3 is 11.1 Å². The van der Waals surface area contributed by atoms with Gasteiger partial charge in [0.05, 0.1) is 12.2 Å². The maximum atomic E-state index is 13.5. The molecule has 1 heterocycles. The predicted octanol–water partition coefficient (Wildman–Crippen LogP) is 2.61. The minimum Gasteiger partial charge on any atom is -0.399 e. The molecule has 1 aliphatic heterocycles. The molecule has 2 rings (SSSR count). The number of carbonyl (C=O) groups excluding carboxylic acids is 1. The highest BCUT2D eigenvalue weighted by Gasteiger charge is 2.13. The highest BCUT2D eigenvalue weighted by atomic mass is 19.1. The molecule has 3 N–H and O–H groups in total. The van der Waals surface area contributed by atoms with Gasteiger partial charge in [-0.15, -0.1) is 0 Å². The topological polar surface area (TPSA) is 58.4 Å². The number of amides is 1. The molecule has 0 unspecified atom stereocenters. The molecule has 1 fully saturated rings. The molecule has 4 nitrogen and oxygen atoms in total. The number of nitrogens with one attached hydrogen (secondary N) is 1. The maximum absolute atomic E-state index is 13.5. The standard InChI is InChI=1S/C15H22FN3O/c16-13-7-6-12(17)10-14(13)18-15(20)11-19-8-4-2-1-3-5-9-19/h6-7,10H,1-5,8-9,11,17H2,(H,18,20). The molecule has 1 aromatic rings. The Hall–Kier alpha value is -1.62. The van der Waals surface area contributed by atoms with Gasteiger partial charge in [0.25, 0.3) is 0 Å². The summed E-state index contributed by atoms with van der Waals surface area (Å²) in [6.07, 6.45) is 5.98. The van der Waals surface area contributed by atoms with Gasteiger partial charge in [0, 0.05) is 5.69 Å². The smallest absolute Gasteiger partial charge is 0.238 e. The van der Waals surface area contributed by atoms with E-state index in [-0.39, 0.29) is 11.6 Å². The summed E-state index contributed by atoms with van der Waals surface area (Å²) in [5.41, 5.74) is 6.19. The summed E-state index contributed by atoms with van der Waals surface area (Å²) in [4.78, 5) is 14.1. The lowest BCUT2D eigenvalue weighted by Crippen LogP contribution is -2.35. The Morgan fingerprint density at radius 1 is 1.20 bits per heavy atom. The first-order valence-electron chi connectivity index (χ1n) is 7.22. The molecule has 1 aromatic carbocycles. The summed E-state index contributed by atoms with van der Waals surface area (Å²) in [6.45, 7) is 2.19. The van der Waals surface area contributed by atoms with E-state index in [1.165, 1.54) is 37.5 Å². The van der Waals surface area contributed by atoms with E-state index in [1.807, 2.05) is 0 Å². The lowest BCUT2D eigenvalue weighted by atomic mass is 10.1. The first-order valence-corrected chi connectivity index (χ1v) is 7.22. The first-order chi connectivity index (χ1) is 9.65. The SMILES string of the molecule is Nc1ccc(F)c(NC(=O)CN2CCCCCCC2)c1. The van der Waals surface area contributed by atoms with Crippen LogP contribution in [-0.4, -0.2) is 30.4 Å². The van der Waals surface area contributed by atoms with Gasteiger partial charge in [-0.05, 0) is 44.1 Å². The molecule has 20 heavy (non-hydrogen) atoms. The van der Waals surface area contributed by atoms with E-state index < -0.39 is 5.82 Å². The fourth-order valence-electron chi connectivity index (χ4n) is 2.50. The molecule has 0 spiro atoms. The molecular formula is C15H22FN3O. The van der Waals surface area contributed by atoms with Gasteiger partial charge in [0.2, 0.25) is 5.91 Å². The van der Waals surface area contributed by atoms with Crippen LogP contribution in [0.15, 0.2) is 18.2 Å². The Morgan fingerprint density at radius 3 is 2.55 bits per heavy atom. The van der Waals surface area contributed by atoms with Crippen molar-refractivity contribution >= 4 is 17.3 Å². The number of benzene rings is 1. The van der Waals surface area contributed by atoms with Crippen molar-refractivity contribution in [1.29, 1.82) is 0 Å². The van der Waals surface area contributed by atoms with Crippen LogP contribution in [0.4, 0.5) is 15.8 Å². The molecule has 0 saturated carbocycles. The molecule has 110 valence electrons. The van der Waals surface area contributed by atoms with Crippen molar-refractivity contribution in [3.63, 3.8) is 0 Å². The highest BCUT2D eigenvalue weighted by molar-refractivity contribution is 5.92. The number of halogens is 1. The average Bonchev–Trinajstić information content (AvgIpc) is 2.37. The molecule has 0 bridgehead atoms. The van der Waals surface area contributed by atoms with E-state index in [0.29, 0.717) is 12.2 Å². The van der Waals surface area contributed by atoms with Gasteiger partial charge in [0.1, 0.15) is 5.82 Å². The van der Waals surface area contributed by atoms with Crippen molar-refractivity contribution in [3.05, 3.63) is 24.0 Å². The number of nitrogens with two attached hydrogens (primary N) is 1. The Labute approximate surface area is 119 Å². The van der Waals surface area contributed by atoms with Crippen LogP contribution in [0.2, 0.25) is 0 Å². The van der Waals surface area contributed by atoms with Crippen molar-refractivity contribution in [2.24, 2.45) is 0 Å². The second kappa shape index (κ2) is 7.24. The van der Waals surface area contributed by atoms with Gasteiger partial charge >= 0.3 is 0 Å². The molecule has 5 heteroatoms. The molecule has 1 saturated heterocycles. The van der Waals surface area contributed by atoms with Crippen LogP contribution in [-0.2, 0) is 4.79 Å². The van der Waals surface area contributed by atoms with E-state index in [2.05, 4.69) is 10.2 Å². The van der Waals surface area contributed by atoms with Crippen LogP contribution in [0.25, 0.3) is 0 Å². The Morgan fingerprint density at radius 2 is 1.85 bits per heavy atom. The highest BCUT2D eigenvalue weighted by Crippen LogP contribution is 2.17. The van der Waals surface area contributed by atoms with Crippen molar-refractivity contribution in [3.8, 4) is 0 Å². The number of anilines is 2. The van der Waals surface area contributed by atoms with Crippen LogP contribution in [0, 0.1) is 5.82 Å². The van der Waals surface area contributed by atoms with Gasteiger partial charge in [-0.2, -0.15) is 0 Å². The molecule has 0 radical (unpaired) electrons. The predicted molar refractivity (Wildman–Crippen MR) is 79.0 cm³/mol. The fraction of sp³-hybridized carbons (Fsp3) is 0.533. The number of nitrogens with zero attached hydrogens (tertiary/aromatic N) is 1. The summed E-state index contributed by atoms with van der Waals surface area (Å²) >= 11 is 0. The third-order valence-electron chi connectivity index (χ3n) is 3.58. The van der Waals surface area contributed by atoms with Gasteiger partial charge in [-0.25, -0.2) is 4.39 Å². The van der Waals surface area contributed by atoms with E-state index >= 15 is 0 Å². The third kappa shape index (κ3) is 4.49. The normalized spacial score (nSPS) is 17.2. The number of carbonyl (C=O) groups is 1. The Bertz CT molecular complexity index is 456. The monoisotopic (exact) mass is 279 g/mol. The zero-order valence-electron chi connectivity index (χ0n) is 11.7. The van der Waals surface area contributed by atoms with Crippen molar-refractivity contribution in [2.45, 2.75) is 32.1 Å². The maximum Gasteiger partial charge on any atom is 0.238 e. The number of rotatable bonds is 3.